The summed E-state index contributed by atoms with van der Waals surface area (Å²) in [4.78, 5) is 12.4. The summed E-state index contributed by atoms with van der Waals surface area (Å²) in [6.45, 7) is 5.81. The smallest absolute Gasteiger partial charge is 0.296 e. The number of pyridine rings is 1. The molecule has 2 aromatic heterocycles. The first-order chi connectivity index (χ1) is 15.8. The van der Waals surface area contributed by atoms with Crippen LogP contribution in [0.25, 0.3) is 22.4 Å². The highest BCUT2D eigenvalue weighted by Crippen LogP contribution is 2.42. The van der Waals surface area contributed by atoms with Gasteiger partial charge < -0.3 is 29.0 Å². The molecule has 0 aliphatic carbocycles. The van der Waals surface area contributed by atoms with Crippen LogP contribution >= 0.6 is 11.6 Å². The van der Waals surface area contributed by atoms with E-state index in [0.717, 1.165) is 17.5 Å². The van der Waals surface area contributed by atoms with Crippen molar-refractivity contribution < 1.29 is 24.1 Å². The third-order valence-electron chi connectivity index (χ3n) is 7.17. The van der Waals surface area contributed by atoms with E-state index < -0.39 is 11.0 Å². The molecule has 33 heavy (non-hydrogen) atoms. The minimum atomic E-state index is -0.888. The number of nitrogens with zero attached hydrogens (tertiary/aromatic N) is 2. The number of fused-ring (bicyclic) bond motifs is 2. The summed E-state index contributed by atoms with van der Waals surface area (Å²) in [6.07, 6.45) is 0.744. The van der Waals surface area contributed by atoms with Crippen molar-refractivity contribution in [1.29, 1.82) is 0 Å². The normalized spacial score (nSPS) is 26.4. The van der Waals surface area contributed by atoms with Crippen molar-refractivity contribution >= 4 is 22.8 Å². The zero-order chi connectivity index (χ0) is 22.8. The molecule has 3 aromatic rings. The number of imidazole rings is 1. The van der Waals surface area contributed by atoms with Crippen LogP contribution in [0.1, 0.15) is 25.8 Å². The van der Waals surface area contributed by atoms with Gasteiger partial charge in [0.25, 0.3) is 6.01 Å². The van der Waals surface area contributed by atoms with Gasteiger partial charge in [0.1, 0.15) is 6.10 Å². The maximum absolute atomic E-state index is 10.7. The molecule has 0 saturated carbocycles. The van der Waals surface area contributed by atoms with Crippen LogP contribution in [0.15, 0.2) is 30.3 Å². The van der Waals surface area contributed by atoms with E-state index in [-0.39, 0.29) is 18.3 Å². The molecule has 3 aliphatic rings. The third kappa shape index (κ3) is 3.43. The Labute approximate surface area is 196 Å². The standard InChI is InChI=1S/C24H26ClN3O5/c1-23(2,29)24(11-30-12-24)14-5-3-13(4-6-14)19-15(25)9-16-21(27-19)28-22(26-16)33-18-10-32-17-7-8-31-20(17)18/h3-6,9,17-18,20,29H,7-8,10-12H2,1-2H3,(H,26,27,28)/t17?,18?,20-/m0/s1. The van der Waals surface area contributed by atoms with Crippen LogP contribution in [0, 0.1) is 0 Å². The highest BCUT2D eigenvalue weighted by Gasteiger charge is 2.51. The number of benzene rings is 1. The van der Waals surface area contributed by atoms with Crippen molar-refractivity contribution in [2.75, 3.05) is 26.4 Å². The van der Waals surface area contributed by atoms with Gasteiger partial charge in [0.15, 0.2) is 11.8 Å². The average Bonchev–Trinajstić information content (AvgIpc) is 3.43. The van der Waals surface area contributed by atoms with Gasteiger partial charge in [0.05, 0.1) is 53.2 Å². The average molecular weight is 472 g/mol. The molecule has 174 valence electrons. The van der Waals surface area contributed by atoms with Gasteiger partial charge in [-0.2, -0.15) is 4.98 Å². The van der Waals surface area contributed by atoms with E-state index in [0.29, 0.717) is 54.3 Å². The molecule has 0 spiro atoms. The van der Waals surface area contributed by atoms with E-state index in [9.17, 15) is 5.11 Å². The molecule has 3 saturated heterocycles. The Morgan fingerprint density at radius 1 is 1.18 bits per heavy atom. The summed E-state index contributed by atoms with van der Waals surface area (Å²) in [7, 11) is 0. The summed E-state index contributed by atoms with van der Waals surface area (Å²) in [5, 5.41) is 11.2. The minimum Gasteiger partial charge on any atom is -0.456 e. The first-order valence-corrected chi connectivity index (χ1v) is 11.6. The van der Waals surface area contributed by atoms with E-state index in [1.807, 2.05) is 44.2 Å². The molecular formula is C24H26ClN3O5. The van der Waals surface area contributed by atoms with E-state index in [1.165, 1.54) is 0 Å². The molecule has 9 heteroatoms. The number of hydrogen-bond acceptors (Lipinski definition) is 7. The van der Waals surface area contributed by atoms with Crippen molar-refractivity contribution in [1.82, 2.24) is 15.0 Å². The Morgan fingerprint density at radius 2 is 1.97 bits per heavy atom. The Morgan fingerprint density at radius 3 is 2.67 bits per heavy atom. The summed E-state index contributed by atoms with van der Waals surface area (Å²) >= 11 is 6.58. The summed E-state index contributed by atoms with van der Waals surface area (Å²) in [5.41, 5.74) is 2.47. The highest BCUT2D eigenvalue weighted by atomic mass is 35.5. The highest BCUT2D eigenvalue weighted by molar-refractivity contribution is 6.33. The molecule has 6 rings (SSSR count). The Kier molecular flexibility index (Phi) is 4.94. The second-order valence-electron chi connectivity index (χ2n) is 9.60. The summed E-state index contributed by atoms with van der Waals surface area (Å²) in [6, 6.07) is 10.1. The van der Waals surface area contributed by atoms with Crippen molar-refractivity contribution in [3.63, 3.8) is 0 Å². The van der Waals surface area contributed by atoms with E-state index in [1.54, 1.807) is 0 Å². The number of aliphatic hydroxyl groups is 1. The molecule has 2 N–H and O–H groups in total. The fourth-order valence-electron chi connectivity index (χ4n) is 4.95. The van der Waals surface area contributed by atoms with E-state index in [4.69, 9.17) is 35.5 Å². The molecule has 0 bridgehead atoms. The van der Waals surface area contributed by atoms with Gasteiger partial charge in [-0.15, -0.1) is 0 Å². The fourth-order valence-corrected chi connectivity index (χ4v) is 5.22. The van der Waals surface area contributed by atoms with Gasteiger partial charge in [-0.3, -0.25) is 0 Å². The summed E-state index contributed by atoms with van der Waals surface area (Å²) < 4.78 is 23.0. The van der Waals surface area contributed by atoms with Gasteiger partial charge in [-0.25, -0.2) is 4.98 Å². The molecule has 0 radical (unpaired) electrons. The van der Waals surface area contributed by atoms with Crippen LogP contribution in [0.5, 0.6) is 6.01 Å². The largest absolute Gasteiger partial charge is 0.456 e. The lowest BCUT2D eigenvalue weighted by molar-refractivity contribution is -0.157. The lowest BCUT2D eigenvalue weighted by Gasteiger charge is -2.50. The number of aromatic amines is 1. The lowest BCUT2D eigenvalue weighted by atomic mass is 9.67. The predicted octanol–water partition coefficient (Wildman–Crippen LogP) is 3.25. The van der Waals surface area contributed by atoms with Crippen molar-refractivity contribution in [2.45, 2.75) is 49.6 Å². The molecule has 5 heterocycles. The quantitative estimate of drug-likeness (QED) is 0.589. The zero-order valence-electron chi connectivity index (χ0n) is 18.5. The van der Waals surface area contributed by atoms with Crippen LogP contribution < -0.4 is 4.74 Å². The third-order valence-corrected chi connectivity index (χ3v) is 7.46. The van der Waals surface area contributed by atoms with Gasteiger partial charge in [0.2, 0.25) is 0 Å². The van der Waals surface area contributed by atoms with Crippen molar-refractivity contribution in [3.05, 3.63) is 40.9 Å². The maximum Gasteiger partial charge on any atom is 0.296 e. The first kappa shape index (κ1) is 21.3. The zero-order valence-corrected chi connectivity index (χ0v) is 19.3. The molecule has 0 amide bonds. The molecular weight excluding hydrogens is 446 g/mol. The first-order valence-electron chi connectivity index (χ1n) is 11.2. The van der Waals surface area contributed by atoms with E-state index >= 15 is 0 Å². The SMILES string of the molecule is CC(C)(O)C1(c2ccc(-c3nc4nc(OC5COC6CCO[C@@H]65)[nH]c4cc3Cl)cc2)COC1. The molecule has 2 unspecified atom stereocenters. The summed E-state index contributed by atoms with van der Waals surface area (Å²) in [5.74, 6) is 0. The molecule has 3 fully saturated rings. The maximum atomic E-state index is 10.7. The Balaban J connectivity index is 1.27. The van der Waals surface area contributed by atoms with Gasteiger partial charge in [0, 0.05) is 12.2 Å². The molecule has 1 aromatic carbocycles. The topological polar surface area (TPSA) is 98.7 Å². The lowest BCUT2D eigenvalue weighted by Crippen LogP contribution is -2.60. The fraction of sp³-hybridized carbons (Fsp3) is 0.500. The van der Waals surface area contributed by atoms with Crippen LogP contribution in [0.3, 0.4) is 0 Å². The number of ether oxygens (including phenoxy) is 4. The van der Waals surface area contributed by atoms with Gasteiger partial charge in [-0.05, 0) is 31.9 Å². The van der Waals surface area contributed by atoms with Gasteiger partial charge >= 0.3 is 0 Å². The van der Waals surface area contributed by atoms with Crippen molar-refractivity contribution in [2.24, 2.45) is 0 Å². The minimum absolute atomic E-state index is 0.0582. The van der Waals surface area contributed by atoms with Gasteiger partial charge in [-0.1, -0.05) is 35.9 Å². The Bertz CT molecular complexity index is 1190. The van der Waals surface area contributed by atoms with Crippen LogP contribution in [-0.4, -0.2) is 70.4 Å². The molecule has 3 atom stereocenters. The molecule has 3 aliphatic heterocycles. The number of H-pyrrole nitrogens is 1. The monoisotopic (exact) mass is 471 g/mol. The number of nitrogens with one attached hydrogen (secondary N) is 1. The number of halogens is 1. The number of aromatic nitrogens is 3. The molecule has 8 nitrogen and oxygen atoms in total. The second kappa shape index (κ2) is 7.65. The van der Waals surface area contributed by atoms with Crippen LogP contribution in [0.2, 0.25) is 5.02 Å². The van der Waals surface area contributed by atoms with E-state index in [2.05, 4.69) is 9.97 Å². The van der Waals surface area contributed by atoms with Crippen molar-refractivity contribution in [3.8, 4) is 17.3 Å². The van der Waals surface area contributed by atoms with Crippen LogP contribution in [-0.2, 0) is 19.6 Å². The Hall–Kier alpha value is -2.23. The second-order valence-corrected chi connectivity index (χ2v) is 10.0. The van der Waals surface area contributed by atoms with Crippen LogP contribution in [0.4, 0.5) is 0 Å². The number of rotatable bonds is 5. The predicted molar refractivity (Wildman–Crippen MR) is 122 cm³/mol. The number of hydrogen-bond donors (Lipinski definition) is 2.